The molecule has 0 aliphatic rings. The van der Waals surface area contributed by atoms with Gasteiger partial charge in [-0.15, -0.1) is 0 Å². The van der Waals surface area contributed by atoms with Crippen molar-refractivity contribution in [3.8, 4) is 0 Å². The minimum Gasteiger partial charge on any atom is -0.411 e. The number of rotatable bonds is 5. The zero-order valence-corrected chi connectivity index (χ0v) is 8.81. The van der Waals surface area contributed by atoms with Crippen LogP contribution in [0.5, 0.6) is 0 Å². The first-order valence-corrected chi connectivity index (χ1v) is 5.06. The molecular weight excluding hydrogens is 190 g/mol. The second-order valence-electron chi connectivity index (χ2n) is 3.38. The van der Waals surface area contributed by atoms with Crippen LogP contribution in [-0.2, 0) is 4.79 Å². The highest BCUT2D eigenvalue weighted by molar-refractivity contribution is 6.10. The van der Waals surface area contributed by atoms with E-state index in [0.29, 0.717) is 12.1 Å². The van der Waals surface area contributed by atoms with Crippen LogP contribution in [0, 0.1) is 0 Å². The van der Waals surface area contributed by atoms with Crippen LogP contribution in [0.4, 0.5) is 0 Å². The molecule has 0 fully saturated rings. The fourth-order valence-electron chi connectivity index (χ4n) is 1.38. The molecular formula is C12H15NO2. The van der Waals surface area contributed by atoms with Crippen molar-refractivity contribution in [2.45, 2.75) is 26.2 Å². The highest BCUT2D eigenvalue weighted by atomic mass is 16.4. The third-order valence-electron chi connectivity index (χ3n) is 2.12. The van der Waals surface area contributed by atoms with Crippen molar-refractivity contribution in [2.75, 3.05) is 0 Å². The van der Waals surface area contributed by atoms with Crippen molar-refractivity contribution in [3.63, 3.8) is 0 Å². The van der Waals surface area contributed by atoms with Crippen LogP contribution in [0.3, 0.4) is 0 Å². The summed E-state index contributed by atoms with van der Waals surface area (Å²) in [6.07, 6.45) is 1.56. The molecule has 1 aromatic carbocycles. The van der Waals surface area contributed by atoms with Gasteiger partial charge >= 0.3 is 0 Å². The Hall–Kier alpha value is -1.64. The molecule has 3 nitrogen and oxygen atoms in total. The smallest absolute Gasteiger partial charge is 0.138 e. The third kappa shape index (κ3) is 3.54. The SMILES string of the molecule is CCCC(=O)CC(=NO)c1ccccc1. The fourth-order valence-corrected chi connectivity index (χ4v) is 1.38. The van der Waals surface area contributed by atoms with E-state index >= 15 is 0 Å². The van der Waals surface area contributed by atoms with Gasteiger partial charge in [0.15, 0.2) is 0 Å². The number of nitrogens with zero attached hydrogens (tertiary/aromatic N) is 1. The van der Waals surface area contributed by atoms with Crippen LogP contribution in [-0.4, -0.2) is 16.7 Å². The lowest BCUT2D eigenvalue weighted by atomic mass is 10.0. The largest absolute Gasteiger partial charge is 0.411 e. The molecule has 0 atom stereocenters. The van der Waals surface area contributed by atoms with E-state index < -0.39 is 0 Å². The summed E-state index contributed by atoms with van der Waals surface area (Å²) in [6.45, 7) is 1.95. The van der Waals surface area contributed by atoms with Gasteiger partial charge < -0.3 is 5.21 Å². The third-order valence-corrected chi connectivity index (χ3v) is 2.12. The molecule has 0 radical (unpaired) electrons. The molecule has 1 N–H and O–H groups in total. The number of Topliss-reactive ketones (excluding diaryl/α,β-unsaturated/α-hetero) is 1. The van der Waals surface area contributed by atoms with E-state index in [1.54, 1.807) is 0 Å². The molecule has 3 heteroatoms. The van der Waals surface area contributed by atoms with Crippen molar-refractivity contribution in [2.24, 2.45) is 5.16 Å². The zero-order chi connectivity index (χ0) is 11.1. The molecule has 0 saturated carbocycles. The summed E-state index contributed by atoms with van der Waals surface area (Å²) in [4.78, 5) is 11.4. The number of benzene rings is 1. The quantitative estimate of drug-likeness (QED) is 0.456. The molecule has 0 saturated heterocycles. The lowest BCUT2D eigenvalue weighted by molar-refractivity contribution is -0.117. The van der Waals surface area contributed by atoms with Gasteiger partial charge in [-0.2, -0.15) is 0 Å². The van der Waals surface area contributed by atoms with Gasteiger partial charge in [-0.25, -0.2) is 0 Å². The Morgan fingerprint density at radius 2 is 2.00 bits per heavy atom. The van der Waals surface area contributed by atoms with E-state index in [4.69, 9.17) is 5.21 Å². The van der Waals surface area contributed by atoms with E-state index in [0.717, 1.165) is 12.0 Å². The number of oxime groups is 1. The Morgan fingerprint density at radius 3 is 2.53 bits per heavy atom. The van der Waals surface area contributed by atoms with Crippen molar-refractivity contribution in [1.82, 2.24) is 0 Å². The summed E-state index contributed by atoms with van der Waals surface area (Å²) in [5, 5.41) is 12.0. The van der Waals surface area contributed by atoms with Crippen molar-refractivity contribution in [3.05, 3.63) is 35.9 Å². The van der Waals surface area contributed by atoms with Gasteiger partial charge in [0, 0.05) is 6.42 Å². The molecule has 0 aliphatic carbocycles. The van der Waals surface area contributed by atoms with Gasteiger partial charge in [0.2, 0.25) is 0 Å². The molecule has 15 heavy (non-hydrogen) atoms. The highest BCUT2D eigenvalue weighted by Gasteiger charge is 2.09. The summed E-state index contributed by atoms with van der Waals surface area (Å²) >= 11 is 0. The normalized spacial score (nSPS) is 11.4. The summed E-state index contributed by atoms with van der Waals surface area (Å²) < 4.78 is 0. The van der Waals surface area contributed by atoms with Gasteiger partial charge in [-0.3, -0.25) is 4.79 Å². The summed E-state index contributed by atoms with van der Waals surface area (Å²) in [7, 11) is 0. The van der Waals surface area contributed by atoms with Crippen LogP contribution >= 0.6 is 0 Å². The van der Waals surface area contributed by atoms with Gasteiger partial charge in [-0.05, 0) is 12.0 Å². The Balaban J connectivity index is 2.70. The minimum absolute atomic E-state index is 0.106. The predicted octanol–water partition coefficient (Wildman–Crippen LogP) is 2.62. The van der Waals surface area contributed by atoms with Crippen molar-refractivity contribution in [1.29, 1.82) is 0 Å². The lowest BCUT2D eigenvalue weighted by Gasteiger charge is -2.02. The van der Waals surface area contributed by atoms with Crippen LogP contribution in [0.25, 0.3) is 0 Å². The number of ketones is 1. The van der Waals surface area contributed by atoms with E-state index in [1.165, 1.54) is 0 Å². The molecule has 1 aromatic rings. The maximum absolute atomic E-state index is 11.4. The molecule has 0 aromatic heterocycles. The predicted molar refractivity (Wildman–Crippen MR) is 59.3 cm³/mol. The number of hydrogen-bond acceptors (Lipinski definition) is 3. The standard InChI is InChI=1S/C12H15NO2/c1-2-6-11(14)9-12(13-15)10-7-4-3-5-8-10/h3-5,7-8,15H,2,6,9H2,1H3. The van der Waals surface area contributed by atoms with Gasteiger partial charge in [0.25, 0.3) is 0 Å². The lowest BCUT2D eigenvalue weighted by Crippen LogP contribution is -2.09. The summed E-state index contributed by atoms with van der Waals surface area (Å²) in [6, 6.07) is 9.24. The number of carbonyl (C=O) groups is 1. The Bertz CT molecular complexity index is 344. The molecule has 0 spiro atoms. The summed E-state index contributed by atoms with van der Waals surface area (Å²) in [5.41, 5.74) is 1.23. The van der Waals surface area contributed by atoms with Gasteiger partial charge in [0.05, 0.1) is 12.1 Å². The molecule has 0 aliphatic heterocycles. The van der Waals surface area contributed by atoms with Crippen LogP contribution in [0.2, 0.25) is 0 Å². The first-order chi connectivity index (χ1) is 7.27. The van der Waals surface area contributed by atoms with Gasteiger partial charge in [-0.1, -0.05) is 42.4 Å². The average Bonchev–Trinajstić information content (AvgIpc) is 2.27. The first-order valence-electron chi connectivity index (χ1n) is 5.06. The molecule has 0 bridgehead atoms. The average molecular weight is 205 g/mol. The molecule has 0 amide bonds. The van der Waals surface area contributed by atoms with E-state index in [2.05, 4.69) is 5.16 Å². The fraction of sp³-hybridized carbons (Fsp3) is 0.333. The van der Waals surface area contributed by atoms with Crippen molar-refractivity contribution < 1.29 is 10.0 Å². The summed E-state index contributed by atoms with van der Waals surface area (Å²) in [5.74, 6) is 0.106. The Kier molecular flexibility index (Phi) is 4.54. The van der Waals surface area contributed by atoms with Crippen LogP contribution in [0.1, 0.15) is 31.7 Å². The molecule has 80 valence electrons. The molecule has 0 heterocycles. The van der Waals surface area contributed by atoms with E-state index in [9.17, 15) is 4.79 Å². The maximum atomic E-state index is 11.4. The minimum atomic E-state index is 0.106. The highest BCUT2D eigenvalue weighted by Crippen LogP contribution is 2.06. The second-order valence-corrected chi connectivity index (χ2v) is 3.38. The topological polar surface area (TPSA) is 49.7 Å². The maximum Gasteiger partial charge on any atom is 0.138 e. The number of hydrogen-bond donors (Lipinski definition) is 1. The van der Waals surface area contributed by atoms with E-state index in [-0.39, 0.29) is 12.2 Å². The monoisotopic (exact) mass is 205 g/mol. The Morgan fingerprint density at radius 1 is 1.33 bits per heavy atom. The first kappa shape index (κ1) is 11.4. The molecule has 1 rings (SSSR count). The van der Waals surface area contributed by atoms with E-state index in [1.807, 2.05) is 37.3 Å². The van der Waals surface area contributed by atoms with Crippen LogP contribution in [0.15, 0.2) is 35.5 Å². The van der Waals surface area contributed by atoms with Crippen molar-refractivity contribution >= 4 is 11.5 Å². The molecule has 0 unspecified atom stereocenters. The zero-order valence-electron chi connectivity index (χ0n) is 8.81. The van der Waals surface area contributed by atoms with Crippen LogP contribution < -0.4 is 0 Å². The second kappa shape index (κ2) is 5.96. The van der Waals surface area contributed by atoms with Gasteiger partial charge in [0.1, 0.15) is 5.78 Å². The number of carbonyl (C=O) groups excluding carboxylic acids is 1. The Labute approximate surface area is 89.4 Å².